The molecule has 0 atom stereocenters. The number of hydrogen-bond acceptors (Lipinski definition) is 5. The predicted molar refractivity (Wildman–Crippen MR) is 63.1 cm³/mol. The molecule has 1 N–H and O–H groups in total. The Hall–Kier alpha value is -2.75. The molecule has 0 amide bonds. The Morgan fingerprint density at radius 2 is 1.95 bits per heavy atom. The number of rotatable bonds is 4. The van der Waals surface area contributed by atoms with E-state index in [1.54, 1.807) is 18.2 Å². The monoisotopic (exact) mass is 262 g/mol. The average Bonchev–Trinajstić information content (AvgIpc) is 2.41. The molecule has 0 aliphatic carbocycles. The van der Waals surface area contributed by atoms with Crippen molar-refractivity contribution in [2.75, 3.05) is 5.32 Å². The summed E-state index contributed by atoms with van der Waals surface area (Å²) in [5, 5.41) is 11.6. The molecule has 0 saturated carbocycles. The predicted octanol–water partition coefficient (Wildman–Crippen LogP) is 2.69. The average molecular weight is 262 g/mol. The summed E-state index contributed by atoms with van der Waals surface area (Å²) in [6.07, 6.45) is 1.45. The molecule has 0 saturated heterocycles. The molecular formula is C12H8F2N4O. The van der Waals surface area contributed by atoms with Gasteiger partial charge in [0, 0.05) is 11.9 Å². The number of ether oxygens (including phenoxy) is 1. The zero-order valence-corrected chi connectivity index (χ0v) is 9.55. The SMILES string of the molecule is N#Cc1nccc(Nc2ccc(OC(F)F)cc2)n1. The summed E-state index contributed by atoms with van der Waals surface area (Å²) in [4.78, 5) is 7.65. The molecule has 0 fully saturated rings. The topological polar surface area (TPSA) is 70.8 Å². The lowest BCUT2D eigenvalue weighted by molar-refractivity contribution is -0.0498. The maximum Gasteiger partial charge on any atom is 0.387 e. The quantitative estimate of drug-likeness (QED) is 0.917. The third-order valence-electron chi connectivity index (χ3n) is 2.11. The van der Waals surface area contributed by atoms with Crippen molar-refractivity contribution in [1.29, 1.82) is 5.26 Å². The first-order valence-corrected chi connectivity index (χ1v) is 5.22. The lowest BCUT2D eigenvalue weighted by atomic mass is 10.3. The van der Waals surface area contributed by atoms with Gasteiger partial charge < -0.3 is 10.1 Å². The first-order valence-electron chi connectivity index (χ1n) is 5.22. The van der Waals surface area contributed by atoms with Crippen molar-refractivity contribution in [3.05, 3.63) is 42.4 Å². The van der Waals surface area contributed by atoms with E-state index in [0.717, 1.165) is 0 Å². The van der Waals surface area contributed by atoms with Crippen LogP contribution in [0.1, 0.15) is 5.82 Å². The van der Waals surface area contributed by atoms with Crippen LogP contribution in [-0.2, 0) is 0 Å². The highest BCUT2D eigenvalue weighted by Gasteiger charge is 2.04. The number of benzene rings is 1. The minimum atomic E-state index is -2.85. The molecule has 1 aromatic heterocycles. The van der Waals surface area contributed by atoms with E-state index in [1.165, 1.54) is 18.3 Å². The van der Waals surface area contributed by atoms with Gasteiger partial charge in [-0.1, -0.05) is 0 Å². The fraction of sp³-hybridized carbons (Fsp3) is 0.0833. The van der Waals surface area contributed by atoms with Gasteiger partial charge in [-0.2, -0.15) is 14.0 Å². The first-order chi connectivity index (χ1) is 9.17. The maximum absolute atomic E-state index is 12.0. The van der Waals surface area contributed by atoms with Crippen molar-refractivity contribution in [1.82, 2.24) is 9.97 Å². The molecule has 0 spiro atoms. The second kappa shape index (κ2) is 5.73. The summed E-state index contributed by atoms with van der Waals surface area (Å²) in [5.74, 6) is 0.553. The Balaban J connectivity index is 2.09. The van der Waals surface area contributed by atoms with Crippen molar-refractivity contribution in [3.63, 3.8) is 0 Å². The number of halogens is 2. The van der Waals surface area contributed by atoms with Gasteiger partial charge in [-0.15, -0.1) is 0 Å². The molecule has 7 heteroatoms. The van der Waals surface area contributed by atoms with E-state index >= 15 is 0 Å². The van der Waals surface area contributed by atoms with E-state index in [4.69, 9.17) is 5.26 Å². The second-order valence-corrected chi connectivity index (χ2v) is 3.41. The maximum atomic E-state index is 12.0. The third kappa shape index (κ3) is 3.61. The van der Waals surface area contributed by atoms with E-state index in [1.807, 2.05) is 6.07 Å². The van der Waals surface area contributed by atoms with E-state index in [2.05, 4.69) is 20.0 Å². The van der Waals surface area contributed by atoms with E-state index < -0.39 is 6.61 Å². The molecule has 2 rings (SSSR count). The molecule has 0 radical (unpaired) electrons. The third-order valence-corrected chi connectivity index (χ3v) is 2.11. The first kappa shape index (κ1) is 12.7. The van der Waals surface area contributed by atoms with Crippen molar-refractivity contribution < 1.29 is 13.5 Å². The fourth-order valence-electron chi connectivity index (χ4n) is 1.35. The summed E-state index contributed by atoms with van der Waals surface area (Å²) in [7, 11) is 0. The molecule has 5 nitrogen and oxygen atoms in total. The van der Waals surface area contributed by atoms with Gasteiger partial charge in [0.2, 0.25) is 5.82 Å². The largest absolute Gasteiger partial charge is 0.435 e. The number of alkyl halides is 2. The van der Waals surface area contributed by atoms with Crippen LogP contribution in [0.2, 0.25) is 0 Å². The lowest BCUT2D eigenvalue weighted by Crippen LogP contribution is -2.02. The summed E-state index contributed by atoms with van der Waals surface area (Å²) in [6.45, 7) is -2.85. The van der Waals surface area contributed by atoms with Gasteiger partial charge in [0.25, 0.3) is 0 Å². The number of aromatic nitrogens is 2. The molecule has 0 aliphatic heterocycles. The van der Waals surface area contributed by atoms with Crippen LogP contribution in [0.15, 0.2) is 36.5 Å². The molecule has 19 heavy (non-hydrogen) atoms. The summed E-state index contributed by atoms with van der Waals surface area (Å²) < 4.78 is 28.2. The molecule has 0 aliphatic rings. The fourth-order valence-corrected chi connectivity index (χ4v) is 1.35. The molecule has 0 unspecified atom stereocenters. The van der Waals surface area contributed by atoms with Crippen LogP contribution in [0.5, 0.6) is 5.75 Å². The Morgan fingerprint density at radius 1 is 1.21 bits per heavy atom. The molecule has 0 bridgehead atoms. The van der Waals surface area contributed by atoms with Crippen LogP contribution < -0.4 is 10.1 Å². The highest BCUT2D eigenvalue weighted by atomic mass is 19.3. The van der Waals surface area contributed by atoms with Gasteiger partial charge in [-0.25, -0.2) is 9.97 Å². The van der Waals surface area contributed by atoms with Gasteiger partial charge in [-0.3, -0.25) is 0 Å². The van der Waals surface area contributed by atoms with Crippen LogP contribution in [0.4, 0.5) is 20.3 Å². The van der Waals surface area contributed by atoms with Crippen LogP contribution in [0.25, 0.3) is 0 Å². The standard InChI is InChI=1S/C12H8F2N4O/c13-12(14)19-9-3-1-8(2-4-9)17-10-5-6-16-11(7-15)18-10/h1-6,12H,(H,16,17,18). The Kier molecular flexibility index (Phi) is 3.83. The van der Waals surface area contributed by atoms with Gasteiger partial charge in [0.1, 0.15) is 17.6 Å². The van der Waals surface area contributed by atoms with Crippen LogP contribution >= 0.6 is 0 Å². The summed E-state index contributed by atoms with van der Waals surface area (Å²) in [5.41, 5.74) is 0.629. The minimum absolute atomic E-state index is 0.0441. The van der Waals surface area contributed by atoms with Gasteiger partial charge in [0.05, 0.1) is 0 Å². The number of nitriles is 1. The van der Waals surface area contributed by atoms with E-state index in [9.17, 15) is 8.78 Å². The van der Waals surface area contributed by atoms with E-state index in [0.29, 0.717) is 11.5 Å². The van der Waals surface area contributed by atoms with Gasteiger partial charge >= 0.3 is 6.61 Å². The smallest absolute Gasteiger partial charge is 0.387 e. The number of anilines is 2. The summed E-state index contributed by atoms with van der Waals surface area (Å²) >= 11 is 0. The highest BCUT2D eigenvalue weighted by Crippen LogP contribution is 2.20. The number of hydrogen-bond donors (Lipinski definition) is 1. The van der Waals surface area contributed by atoms with Crippen molar-refractivity contribution in [3.8, 4) is 11.8 Å². The minimum Gasteiger partial charge on any atom is -0.435 e. The van der Waals surface area contributed by atoms with Crippen molar-refractivity contribution >= 4 is 11.5 Å². The summed E-state index contributed by atoms with van der Waals surface area (Å²) in [6, 6.07) is 9.34. The Morgan fingerprint density at radius 3 is 2.58 bits per heavy atom. The van der Waals surface area contributed by atoms with Crippen LogP contribution in [0, 0.1) is 11.3 Å². The van der Waals surface area contributed by atoms with Crippen molar-refractivity contribution in [2.45, 2.75) is 6.61 Å². The van der Waals surface area contributed by atoms with E-state index in [-0.39, 0.29) is 11.6 Å². The highest BCUT2D eigenvalue weighted by molar-refractivity contribution is 5.57. The Bertz CT molecular complexity index is 595. The van der Waals surface area contributed by atoms with Crippen LogP contribution in [0.3, 0.4) is 0 Å². The van der Waals surface area contributed by atoms with Gasteiger partial charge in [-0.05, 0) is 30.3 Å². The van der Waals surface area contributed by atoms with Crippen molar-refractivity contribution in [2.24, 2.45) is 0 Å². The molecule has 1 aromatic carbocycles. The zero-order chi connectivity index (χ0) is 13.7. The zero-order valence-electron chi connectivity index (χ0n) is 9.55. The molecule has 96 valence electrons. The van der Waals surface area contributed by atoms with Crippen LogP contribution in [-0.4, -0.2) is 16.6 Å². The second-order valence-electron chi connectivity index (χ2n) is 3.41. The molecule has 1 heterocycles. The Labute approximate surface area is 107 Å². The lowest BCUT2D eigenvalue weighted by Gasteiger charge is -2.07. The number of nitrogens with one attached hydrogen (secondary N) is 1. The van der Waals surface area contributed by atoms with Gasteiger partial charge in [0.15, 0.2) is 0 Å². The molecular weight excluding hydrogens is 254 g/mol. The molecule has 2 aromatic rings. The normalized spacial score (nSPS) is 10.0. The number of nitrogens with zero attached hydrogens (tertiary/aromatic N) is 3.